The number of aromatic nitrogens is 4. The summed E-state index contributed by atoms with van der Waals surface area (Å²) in [6.07, 6.45) is 1.47. The second kappa shape index (κ2) is 9.17. The third-order valence-corrected chi connectivity index (χ3v) is 4.54. The van der Waals surface area contributed by atoms with E-state index in [0.29, 0.717) is 17.1 Å². The summed E-state index contributed by atoms with van der Waals surface area (Å²) in [5, 5.41) is 13.2. The van der Waals surface area contributed by atoms with Crippen molar-refractivity contribution in [3.05, 3.63) is 83.9 Å². The molecule has 31 heavy (non-hydrogen) atoms. The Labute approximate surface area is 177 Å². The Hall–Kier alpha value is -4.07. The standard InChI is InChI=1S/C23H19FN4O3/c1-16-25-26-27-28(16)21(15-17-6-4-9-19(24)14-17)23(29)31-13-12-30-22-11-5-8-18-7-2-3-10-20(18)22/h2-11,14-15H,12-13H2,1H3/b21-15+. The monoisotopic (exact) mass is 418 g/mol. The summed E-state index contributed by atoms with van der Waals surface area (Å²) >= 11 is 0. The van der Waals surface area contributed by atoms with Gasteiger partial charge < -0.3 is 9.47 Å². The molecule has 0 amide bonds. The SMILES string of the molecule is Cc1nnnn1/C(=C/c1cccc(F)c1)C(=O)OCCOc1cccc2ccccc12. The Morgan fingerprint density at radius 2 is 1.87 bits per heavy atom. The number of aryl methyl sites for hydroxylation is 1. The van der Waals surface area contributed by atoms with E-state index in [4.69, 9.17) is 9.47 Å². The molecule has 0 N–H and O–H groups in total. The highest BCUT2D eigenvalue weighted by Crippen LogP contribution is 2.25. The van der Waals surface area contributed by atoms with E-state index < -0.39 is 11.8 Å². The first-order valence-electron chi connectivity index (χ1n) is 9.62. The summed E-state index contributed by atoms with van der Waals surface area (Å²) in [5.41, 5.74) is 0.548. The summed E-state index contributed by atoms with van der Waals surface area (Å²) in [7, 11) is 0. The number of rotatable bonds is 7. The molecule has 0 saturated heterocycles. The topological polar surface area (TPSA) is 79.1 Å². The molecule has 0 unspecified atom stereocenters. The van der Waals surface area contributed by atoms with Gasteiger partial charge in [-0.1, -0.05) is 48.5 Å². The first-order chi connectivity index (χ1) is 15.1. The Morgan fingerprint density at radius 1 is 1.06 bits per heavy atom. The molecule has 0 saturated carbocycles. The molecule has 7 nitrogen and oxygen atoms in total. The summed E-state index contributed by atoms with van der Waals surface area (Å²) < 4.78 is 26.0. The number of benzene rings is 3. The fraction of sp³-hybridized carbons (Fsp3) is 0.130. The third kappa shape index (κ3) is 4.75. The van der Waals surface area contributed by atoms with E-state index in [1.165, 1.54) is 22.9 Å². The minimum absolute atomic E-state index is 0.0176. The van der Waals surface area contributed by atoms with Crippen LogP contribution in [0.4, 0.5) is 4.39 Å². The summed E-state index contributed by atoms with van der Waals surface area (Å²) in [6, 6.07) is 19.5. The Morgan fingerprint density at radius 3 is 2.68 bits per heavy atom. The molecule has 4 rings (SSSR count). The van der Waals surface area contributed by atoms with Crippen LogP contribution in [0.5, 0.6) is 5.75 Å². The lowest BCUT2D eigenvalue weighted by Gasteiger charge is -2.11. The number of hydrogen-bond donors (Lipinski definition) is 0. The van der Waals surface area contributed by atoms with Crippen LogP contribution in [0.2, 0.25) is 0 Å². The van der Waals surface area contributed by atoms with Crippen LogP contribution in [-0.2, 0) is 9.53 Å². The van der Waals surface area contributed by atoms with Crippen LogP contribution in [0, 0.1) is 12.7 Å². The lowest BCUT2D eigenvalue weighted by molar-refractivity contribution is -0.137. The van der Waals surface area contributed by atoms with Crippen molar-refractivity contribution in [3.8, 4) is 5.75 Å². The van der Waals surface area contributed by atoms with Gasteiger partial charge in [-0.25, -0.2) is 9.18 Å². The van der Waals surface area contributed by atoms with Gasteiger partial charge in [-0.15, -0.1) is 5.10 Å². The first-order valence-corrected chi connectivity index (χ1v) is 9.62. The molecule has 1 aromatic heterocycles. The number of nitrogens with zero attached hydrogens (tertiary/aromatic N) is 4. The first kappa shape index (κ1) is 20.2. The van der Waals surface area contributed by atoms with Crippen molar-refractivity contribution in [2.75, 3.05) is 13.2 Å². The third-order valence-electron chi connectivity index (χ3n) is 4.54. The number of ether oxygens (including phenoxy) is 2. The van der Waals surface area contributed by atoms with Crippen LogP contribution in [0.15, 0.2) is 66.7 Å². The molecule has 0 bridgehead atoms. The van der Waals surface area contributed by atoms with Crippen LogP contribution in [-0.4, -0.2) is 39.4 Å². The minimum Gasteiger partial charge on any atom is -0.489 e. The average Bonchev–Trinajstić information content (AvgIpc) is 3.20. The quantitative estimate of drug-likeness (QED) is 0.257. The van der Waals surface area contributed by atoms with Gasteiger partial charge in [0.15, 0.2) is 11.5 Å². The van der Waals surface area contributed by atoms with Crippen molar-refractivity contribution in [2.24, 2.45) is 0 Å². The molecule has 4 aromatic rings. The molecule has 1 heterocycles. The predicted octanol–water partition coefficient (Wildman–Crippen LogP) is 3.89. The second-order valence-corrected chi connectivity index (χ2v) is 6.68. The number of carbonyl (C=O) groups is 1. The Bertz CT molecular complexity index is 1250. The van der Waals surface area contributed by atoms with Crippen molar-refractivity contribution in [1.29, 1.82) is 0 Å². The smallest absolute Gasteiger partial charge is 0.357 e. The van der Waals surface area contributed by atoms with Crippen molar-refractivity contribution < 1.29 is 18.7 Å². The maximum Gasteiger partial charge on any atom is 0.357 e. The summed E-state index contributed by atoms with van der Waals surface area (Å²) in [5.74, 6) is 0.0344. The predicted molar refractivity (Wildman–Crippen MR) is 114 cm³/mol. The highest BCUT2D eigenvalue weighted by Gasteiger charge is 2.18. The number of fused-ring (bicyclic) bond motifs is 1. The summed E-state index contributed by atoms with van der Waals surface area (Å²) in [6.45, 7) is 1.83. The summed E-state index contributed by atoms with van der Waals surface area (Å²) in [4.78, 5) is 12.8. The Kier molecular flexibility index (Phi) is 5.98. The van der Waals surface area contributed by atoms with E-state index in [1.807, 2.05) is 42.5 Å². The molecule has 8 heteroatoms. The Balaban J connectivity index is 1.46. The van der Waals surface area contributed by atoms with Crippen molar-refractivity contribution >= 4 is 28.5 Å². The van der Waals surface area contributed by atoms with Gasteiger partial charge in [0.05, 0.1) is 0 Å². The fourth-order valence-corrected chi connectivity index (χ4v) is 3.10. The zero-order valence-electron chi connectivity index (χ0n) is 16.7. The minimum atomic E-state index is -0.652. The molecular formula is C23H19FN4O3. The molecule has 0 fully saturated rings. The molecular weight excluding hydrogens is 399 g/mol. The molecule has 3 aromatic carbocycles. The molecule has 0 aliphatic carbocycles. The van der Waals surface area contributed by atoms with Crippen LogP contribution in [0.1, 0.15) is 11.4 Å². The average molecular weight is 418 g/mol. The van der Waals surface area contributed by atoms with Crippen LogP contribution in [0.3, 0.4) is 0 Å². The van der Waals surface area contributed by atoms with Crippen molar-refractivity contribution in [3.63, 3.8) is 0 Å². The molecule has 0 aliphatic heterocycles. The molecule has 0 atom stereocenters. The largest absolute Gasteiger partial charge is 0.489 e. The number of hydrogen-bond acceptors (Lipinski definition) is 6. The van der Waals surface area contributed by atoms with E-state index >= 15 is 0 Å². The normalized spacial score (nSPS) is 11.5. The number of halogens is 1. The van der Waals surface area contributed by atoms with Crippen LogP contribution >= 0.6 is 0 Å². The second-order valence-electron chi connectivity index (χ2n) is 6.68. The number of tetrazole rings is 1. The van der Waals surface area contributed by atoms with Gasteiger partial charge in [-0.3, -0.25) is 0 Å². The van der Waals surface area contributed by atoms with Crippen LogP contribution < -0.4 is 4.74 Å². The number of esters is 1. The van der Waals surface area contributed by atoms with E-state index in [-0.39, 0.29) is 18.9 Å². The van der Waals surface area contributed by atoms with Gasteiger partial charge in [0.25, 0.3) is 0 Å². The van der Waals surface area contributed by atoms with E-state index in [0.717, 1.165) is 10.8 Å². The van der Waals surface area contributed by atoms with Gasteiger partial charge in [-0.05, 0) is 52.6 Å². The van der Waals surface area contributed by atoms with Crippen molar-refractivity contribution in [2.45, 2.75) is 6.92 Å². The highest BCUT2D eigenvalue weighted by molar-refractivity contribution is 6.15. The fourth-order valence-electron chi connectivity index (χ4n) is 3.10. The maximum absolute atomic E-state index is 13.6. The zero-order valence-corrected chi connectivity index (χ0v) is 16.7. The van der Waals surface area contributed by atoms with Gasteiger partial charge in [0.1, 0.15) is 24.8 Å². The highest BCUT2D eigenvalue weighted by atomic mass is 19.1. The van der Waals surface area contributed by atoms with Crippen molar-refractivity contribution in [1.82, 2.24) is 20.2 Å². The lowest BCUT2D eigenvalue weighted by Crippen LogP contribution is -2.18. The van der Waals surface area contributed by atoms with E-state index in [1.54, 1.807) is 19.1 Å². The van der Waals surface area contributed by atoms with Gasteiger partial charge >= 0.3 is 5.97 Å². The van der Waals surface area contributed by atoms with Crippen LogP contribution in [0.25, 0.3) is 22.5 Å². The molecule has 0 spiro atoms. The van der Waals surface area contributed by atoms with E-state index in [9.17, 15) is 9.18 Å². The molecule has 0 aliphatic rings. The van der Waals surface area contributed by atoms with E-state index in [2.05, 4.69) is 15.5 Å². The number of carbonyl (C=O) groups excluding carboxylic acids is 1. The van der Waals surface area contributed by atoms with Gasteiger partial charge in [-0.2, -0.15) is 4.68 Å². The van der Waals surface area contributed by atoms with Gasteiger partial charge in [0, 0.05) is 5.39 Å². The zero-order chi connectivity index (χ0) is 21.6. The lowest BCUT2D eigenvalue weighted by atomic mass is 10.1. The maximum atomic E-state index is 13.6. The molecule has 156 valence electrons. The van der Waals surface area contributed by atoms with Gasteiger partial charge in [0.2, 0.25) is 0 Å². The molecule has 0 radical (unpaired) electrons.